The van der Waals surface area contributed by atoms with E-state index in [4.69, 9.17) is 0 Å². The number of nitrogens with one attached hydrogen (secondary N) is 1. The van der Waals surface area contributed by atoms with Gasteiger partial charge in [-0.3, -0.25) is 0 Å². The van der Waals surface area contributed by atoms with Crippen molar-refractivity contribution in [1.29, 1.82) is 0 Å². The molecule has 0 saturated heterocycles. The molecular weight excluding hydrogens is 154 g/mol. The highest BCUT2D eigenvalue weighted by molar-refractivity contribution is 5.68. The van der Waals surface area contributed by atoms with E-state index >= 15 is 0 Å². The second-order valence-corrected chi connectivity index (χ2v) is 3.30. The number of carbonyl (C=O) groups is 1. The Labute approximate surface area is 72.8 Å². The summed E-state index contributed by atoms with van der Waals surface area (Å²) >= 11 is 0. The maximum Gasteiger partial charge on any atom is 0.407 e. The minimum absolute atomic E-state index is 0.109. The number of carbonyl (C=O) groups excluding carboxylic acids is 1. The van der Waals surface area contributed by atoms with Crippen LogP contribution >= 0.6 is 0 Å². The topological polar surface area (TPSA) is 38.3 Å². The Kier molecular flexibility index (Phi) is 2.74. The number of alkyl carbamates (subject to hydrolysis) is 1. The lowest BCUT2D eigenvalue weighted by atomic mass is 10.1. The molecule has 0 heterocycles. The predicted molar refractivity (Wildman–Crippen MR) is 46.9 cm³/mol. The molecule has 3 heteroatoms. The van der Waals surface area contributed by atoms with Crippen LogP contribution in [0.4, 0.5) is 4.79 Å². The largest absolute Gasteiger partial charge is 0.453 e. The number of hydrogen-bond acceptors (Lipinski definition) is 2. The summed E-state index contributed by atoms with van der Waals surface area (Å²) in [6.45, 7) is 5.76. The molecule has 1 rings (SSSR count). The summed E-state index contributed by atoms with van der Waals surface area (Å²) < 4.78 is 4.52. The van der Waals surface area contributed by atoms with Crippen molar-refractivity contribution < 1.29 is 9.53 Å². The molecular formula is C9H15NO2. The Morgan fingerprint density at radius 3 is 2.58 bits per heavy atom. The van der Waals surface area contributed by atoms with Crippen molar-refractivity contribution in [3.8, 4) is 0 Å². The van der Waals surface area contributed by atoms with Gasteiger partial charge in [-0.2, -0.15) is 0 Å². The molecule has 0 radical (unpaired) electrons. The summed E-state index contributed by atoms with van der Waals surface area (Å²) in [7, 11) is 1.37. The van der Waals surface area contributed by atoms with E-state index in [-0.39, 0.29) is 12.1 Å². The fraction of sp³-hybridized carbons (Fsp3) is 0.667. The van der Waals surface area contributed by atoms with E-state index in [1.807, 2.05) is 6.92 Å². The molecule has 0 aromatic rings. The second-order valence-electron chi connectivity index (χ2n) is 3.30. The summed E-state index contributed by atoms with van der Waals surface area (Å²) in [6, 6.07) is 0.109. The first-order chi connectivity index (χ1) is 5.65. The third-order valence-electron chi connectivity index (χ3n) is 2.08. The highest BCUT2D eigenvalue weighted by atomic mass is 16.5. The summed E-state index contributed by atoms with van der Waals surface area (Å²) in [5.41, 5.74) is 1.00. The van der Waals surface area contributed by atoms with Crippen LogP contribution in [0.1, 0.15) is 19.8 Å². The normalized spacial score (nSPS) is 18.2. The van der Waals surface area contributed by atoms with Gasteiger partial charge in [0.25, 0.3) is 0 Å². The fourth-order valence-electron chi connectivity index (χ4n) is 1.26. The molecule has 1 saturated carbocycles. The van der Waals surface area contributed by atoms with Crippen LogP contribution in [0.25, 0.3) is 0 Å². The van der Waals surface area contributed by atoms with Crippen molar-refractivity contribution in [1.82, 2.24) is 5.32 Å². The smallest absolute Gasteiger partial charge is 0.407 e. The molecule has 1 aliphatic rings. The van der Waals surface area contributed by atoms with Gasteiger partial charge < -0.3 is 10.1 Å². The Balaban J connectivity index is 2.43. The van der Waals surface area contributed by atoms with E-state index in [0.717, 1.165) is 5.57 Å². The lowest BCUT2D eigenvalue weighted by Crippen LogP contribution is -2.36. The van der Waals surface area contributed by atoms with E-state index in [1.54, 1.807) is 0 Å². The molecule has 0 aromatic carbocycles. The summed E-state index contributed by atoms with van der Waals surface area (Å²) in [5.74, 6) is 0.585. The van der Waals surface area contributed by atoms with Crippen LogP contribution in [0.5, 0.6) is 0 Å². The van der Waals surface area contributed by atoms with Crippen molar-refractivity contribution >= 4 is 6.09 Å². The van der Waals surface area contributed by atoms with Gasteiger partial charge in [-0.15, -0.1) is 0 Å². The molecule has 0 spiro atoms. The molecule has 1 unspecified atom stereocenters. The Bertz CT molecular complexity index is 197. The van der Waals surface area contributed by atoms with Crippen molar-refractivity contribution in [2.75, 3.05) is 7.11 Å². The van der Waals surface area contributed by atoms with Gasteiger partial charge in [0.1, 0.15) is 0 Å². The quantitative estimate of drug-likeness (QED) is 0.653. The second kappa shape index (κ2) is 3.61. The predicted octanol–water partition coefficient (Wildman–Crippen LogP) is 1.70. The van der Waals surface area contributed by atoms with E-state index in [1.165, 1.54) is 20.0 Å². The minimum Gasteiger partial charge on any atom is -0.453 e. The molecule has 1 fully saturated rings. The number of methoxy groups -OCH3 is 1. The Hall–Kier alpha value is -0.990. The molecule has 1 atom stereocenters. The first kappa shape index (κ1) is 9.10. The summed E-state index contributed by atoms with van der Waals surface area (Å²) in [5, 5.41) is 2.77. The van der Waals surface area contributed by atoms with Gasteiger partial charge in [0.2, 0.25) is 0 Å². The van der Waals surface area contributed by atoms with Gasteiger partial charge in [-0.1, -0.05) is 12.2 Å². The molecule has 68 valence electrons. The monoisotopic (exact) mass is 169 g/mol. The molecule has 12 heavy (non-hydrogen) atoms. The lowest BCUT2D eigenvalue weighted by molar-refractivity contribution is 0.167. The standard InChI is InChI=1S/C9H15NO2/c1-6(2)8(7-4-5-7)10-9(11)12-3/h7-8H,1,4-5H2,2-3H3,(H,10,11). The van der Waals surface area contributed by atoms with Crippen LogP contribution in [0, 0.1) is 5.92 Å². The fourth-order valence-corrected chi connectivity index (χ4v) is 1.26. The van der Waals surface area contributed by atoms with E-state index in [2.05, 4.69) is 16.6 Å². The number of hydrogen-bond donors (Lipinski definition) is 1. The molecule has 1 amide bonds. The molecule has 0 aromatic heterocycles. The van der Waals surface area contributed by atoms with Crippen LogP contribution < -0.4 is 5.32 Å². The van der Waals surface area contributed by atoms with Crippen molar-refractivity contribution in [3.05, 3.63) is 12.2 Å². The van der Waals surface area contributed by atoms with E-state index in [9.17, 15) is 4.79 Å². The van der Waals surface area contributed by atoms with Crippen LogP contribution in [0.3, 0.4) is 0 Å². The van der Waals surface area contributed by atoms with E-state index < -0.39 is 0 Å². The maximum atomic E-state index is 10.9. The number of rotatable bonds is 3. The zero-order chi connectivity index (χ0) is 9.14. The third kappa shape index (κ3) is 2.26. The zero-order valence-electron chi connectivity index (χ0n) is 7.59. The van der Waals surface area contributed by atoms with Crippen molar-refractivity contribution in [3.63, 3.8) is 0 Å². The molecule has 1 N–H and O–H groups in total. The van der Waals surface area contributed by atoms with Crippen LogP contribution in [0.15, 0.2) is 12.2 Å². The number of amides is 1. The Morgan fingerprint density at radius 1 is 1.67 bits per heavy atom. The Morgan fingerprint density at radius 2 is 2.25 bits per heavy atom. The first-order valence-corrected chi connectivity index (χ1v) is 4.15. The van der Waals surface area contributed by atoms with Gasteiger partial charge in [0, 0.05) is 0 Å². The average molecular weight is 169 g/mol. The van der Waals surface area contributed by atoms with Gasteiger partial charge in [0.05, 0.1) is 13.2 Å². The average Bonchev–Trinajstić information content (AvgIpc) is 2.81. The van der Waals surface area contributed by atoms with Gasteiger partial charge >= 0.3 is 6.09 Å². The van der Waals surface area contributed by atoms with Crippen LogP contribution in [-0.2, 0) is 4.74 Å². The minimum atomic E-state index is -0.366. The third-order valence-corrected chi connectivity index (χ3v) is 2.08. The van der Waals surface area contributed by atoms with Crippen LogP contribution in [-0.4, -0.2) is 19.2 Å². The van der Waals surface area contributed by atoms with Gasteiger partial charge in [-0.05, 0) is 25.7 Å². The maximum absolute atomic E-state index is 10.9. The molecule has 1 aliphatic carbocycles. The molecule has 0 bridgehead atoms. The van der Waals surface area contributed by atoms with E-state index in [0.29, 0.717) is 5.92 Å². The highest BCUT2D eigenvalue weighted by Crippen LogP contribution is 2.35. The first-order valence-electron chi connectivity index (χ1n) is 4.15. The van der Waals surface area contributed by atoms with Crippen molar-refractivity contribution in [2.45, 2.75) is 25.8 Å². The SMILES string of the molecule is C=C(C)C(NC(=O)OC)C1CC1. The van der Waals surface area contributed by atoms with Gasteiger partial charge in [-0.25, -0.2) is 4.79 Å². The molecule has 3 nitrogen and oxygen atoms in total. The lowest BCUT2D eigenvalue weighted by Gasteiger charge is -2.16. The number of ether oxygens (including phenoxy) is 1. The molecule has 0 aliphatic heterocycles. The van der Waals surface area contributed by atoms with Crippen LogP contribution in [0.2, 0.25) is 0 Å². The van der Waals surface area contributed by atoms with Crippen molar-refractivity contribution in [2.24, 2.45) is 5.92 Å². The summed E-state index contributed by atoms with van der Waals surface area (Å²) in [6.07, 6.45) is 2.00. The zero-order valence-corrected chi connectivity index (χ0v) is 7.59. The van der Waals surface area contributed by atoms with Gasteiger partial charge in [0.15, 0.2) is 0 Å². The summed E-state index contributed by atoms with van der Waals surface area (Å²) in [4.78, 5) is 10.9. The highest BCUT2D eigenvalue weighted by Gasteiger charge is 2.32.